The molecule has 0 amide bonds. The molecule has 0 aliphatic carbocycles. The summed E-state index contributed by atoms with van der Waals surface area (Å²) in [6.07, 6.45) is -1.30. The molecule has 11 nitrogen and oxygen atoms in total. The average Bonchev–Trinajstić information content (AvgIpc) is 3.21. The first kappa shape index (κ1) is 23.3. The largest absolute Gasteiger partial charge is 0.469 e. The van der Waals surface area contributed by atoms with E-state index in [1.165, 1.54) is 48.3 Å². The van der Waals surface area contributed by atoms with Gasteiger partial charge in [0.1, 0.15) is 41.4 Å². The zero-order chi connectivity index (χ0) is 24.0. The van der Waals surface area contributed by atoms with Crippen LogP contribution < -0.4 is 5.73 Å². The minimum atomic E-state index is -4.82. The lowest BCUT2D eigenvalue weighted by atomic mass is 9.96. The highest BCUT2D eigenvalue weighted by Crippen LogP contribution is 2.43. The minimum Gasteiger partial charge on any atom is -0.387 e. The lowest BCUT2D eigenvalue weighted by Gasteiger charge is -2.27. The lowest BCUT2D eigenvalue weighted by Crippen LogP contribution is -2.44. The van der Waals surface area contributed by atoms with Gasteiger partial charge in [-0.1, -0.05) is 11.8 Å². The summed E-state index contributed by atoms with van der Waals surface area (Å²) in [5.74, 6) is 5.52. The summed E-state index contributed by atoms with van der Waals surface area (Å²) in [7, 11) is -4.82. The summed E-state index contributed by atoms with van der Waals surface area (Å²) in [6.45, 7) is 0.645. The number of benzene rings is 1. The number of anilines is 1. The maximum atomic E-state index is 13.1. The number of hydrogen-bond donors (Lipinski definition) is 5. The predicted molar refractivity (Wildman–Crippen MR) is 113 cm³/mol. The highest BCUT2D eigenvalue weighted by molar-refractivity contribution is 7.46. The van der Waals surface area contributed by atoms with Crippen LogP contribution in [0.2, 0.25) is 0 Å². The molecule has 1 aromatic carbocycles. The Morgan fingerprint density at radius 2 is 2.00 bits per heavy atom. The third kappa shape index (κ3) is 4.62. The standard InChI is InChI=1S/C20H20FN4O7P/c1-20(27)16(26)14(9-31-33(28,29)30)32-19(20)25-8-12(15-17(22)23-10-24-18(15)25)5-2-11-3-6-13(21)7-4-11/h3-4,6-8,10,14,16,19,26-27H,9H2,1H3,(H2,22,23,24)(H2,28,29,30)/t14?,16?,19?,20-/m1/s1. The van der Waals surface area contributed by atoms with Crippen LogP contribution in [0.25, 0.3) is 11.0 Å². The number of nitrogens with two attached hydrogens (primary N) is 1. The van der Waals surface area contributed by atoms with Crippen molar-refractivity contribution in [1.29, 1.82) is 0 Å². The van der Waals surface area contributed by atoms with E-state index in [1.807, 2.05) is 0 Å². The van der Waals surface area contributed by atoms with Crippen LogP contribution in [0.5, 0.6) is 0 Å². The number of hydrogen-bond acceptors (Lipinski definition) is 8. The molecule has 1 aliphatic rings. The van der Waals surface area contributed by atoms with E-state index in [0.717, 1.165) is 0 Å². The number of aromatic nitrogens is 3. The third-order valence-electron chi connectivity index (χ3n) is 5.24. The summed E-state index contributed by atoms with van der Waals surface area (Å²) in [5, 5.41) is 21.8. The fourth-order valence-corrected chi connectivity index (χ4v) is 3.94. The molecule has 0 saturated carbocycles. The minimum absolute atomic E-state index is 0.113. The first-order chi connectivity index (χ1) is 15.5. The van der Waals surface area contributed by atoms with Crippen molar-refractivity contribution in [2.75, 3.05) is 12.3 Å². The Hall–Kier alpha value is -2.88. The number of aliphatic hydroxyl groups excluding tert-OH is 1. The van der Waals surface area contributed by atoms with E-state index >= 15 is 0 Å². The maximum Gasteiger partial charge on any atom is 0.469 e. The van der Waals surface area contributed by atoms with Gasteiger partial charge in [-0.2, -0.15) is 0 Å². The molecule has 0 radical (unpaired) electrons. The van der Waals surface area contributed by atoms with Crippen molar-refractivity contribution in [3.8, 4) is 11.8 Å². The first-order valence-electron chi connectivity index (χ1n) is 9.62. The molecule has 2 aromatic heterocycles. The van der Waals surface area contributed by atoms with Crippen LogP contribution in [0.4, 0.5) is 10.2 Å². The molecule has 174 valence electrons. The topological polar surface area (TPSA) is 173 Å². The van der Waals surface area contributed by atoms with Crippen LogP contribution in [0.3, 0.4) is 0 Å². The van der Waals surface area contributed by atoms with Gasteiger partial charge in [-0.3, -0.25) is 4.52 Å². The Morgan fingerprint density at radius 1 is 1.30 bits per heavy atom. The number of nitrogens with zero attached hydrogens (tertiary/aromatic N) is 3. The van der Waals surface area contributed by atoms with Crippen LogP contribution >= 0.6 is 7.82 Å². The van der Waals surface area contributed by atoms with Gasteiger partial charge in [-0.05, 0) is 31.2 Å². The van der Waals surface area contributed by atoms with Crippen molar-refractivity contribution in [3.63, 3.8) is 0 Å². The molecular weight excluding hydrogens is 458 g/mol. The highest BCUT2D eigenvalue weighted by Gasteiger charge is 2.54. The number of phosphoric ester groups is 1. The predicted octanol–water partition coefficient (Wildman–Crippen LogP) is 0.671. The molecule has 1 aliphatic heterocycles. The van der Waals surface area contributed by atoms with Gasteiger partial charge >= 0.3 is 7.82 Å². The molecule has 33 heavy (non-hydrogen) atoms. The molecule has 4 atom stereocenters. The summed E-state index contributed by atoms with van der Waals surface area (Å²) >= 11 is 0. The van der Waals surface area contributed by atoms with Crippen molar-refractivity contribution in [3.05, 3.63) is 53.7 Å². The smallest absolute Gasteiger partial charge is 0.387 e. The number of phosphoric acid groups is 1. The molecule has 0 bridgehead atoms. The summed E-state index contributed by atoms with van der Waals surface area (Å²) < 4.78 is 35.7. The quantitative estimate of drug-likeness (QED) is 0.265. The molecule has 3 heterocycles. The van der Waals surface area contributed by atoms with Gasteiger partial charge in [0, 0.05) is 11.8 Å². The fraction of sp³-hybridized carbons (Fsp3) is 0.300. The number of nitrogen functional groups attached to an aromatic ring is 1. The molecule has 3 aromatic rings. The van der Waals surface area contributed by atoms with E-state index in [2.05, 4.69) is 26.3 Å². The number of aliphatic hydroxyl groups is 2. The number of ether oxygens (including phenoxy) is 1. The summed E-state index contributed by atoms with van der Waals surface area (Å²) in [5.41, 5.74) is 5.32. The Morgan fingerprint density at radius 3 is 2.67 bits per heavy atom. The van der Waals surface area contributed by atoms with Crippen molar-refractivity contribution >= 4 is 24.7 Å². The van der Waals surface area contributed by atoms with Gasteiger partial charge in [-0.25, -0.2) is 18.9 Å². The van der Waals surface area contributed by atoms with E-state index in [4.69, 9.17) is 20.3 Å². The SMILES string of the molecule is C[C@@]1(O)C(O)C(COP(=O)(O)O)OC1n1cc(C#Cc2ccc(F)cc2)c2c(N)ncnc21. The van der Waals surface area contributed by atoms with E-state index < -0.39 is 44.3 Å². The fourth-order valence-electron chi connectivity index (χ4n) is 3.60. The molecule has 4 rings (SSSR count). The Kier molecular flexibility index (Phi) is 5.98. The Balaban J connectivity index is 1.75. The molecule has 0 spiro atoms. The molecule has 13 heteroatoms. The molecule has 6 N–H and O–H groups in total. The zero-order valence-corrected chi connectivity index (χ0v) is 18.1. The Labute approximate surface area is 186 Å². The van der Waals surface area contributed by atoms with E-state index in [-0.39, 0.29) is 11.5 Å². The first-order valence-corrected chi connectivity index (χ1v) is 11.1. The normalized spacial score (nSPS) is 25.2. The van der Waals surface area contributed by atoms with Crippen LogP contribution in [0.15, 0.2) is 36.8 Å². The van der Waals surface area contributed by atoms with Crippen LogP contribution in [-0.4, -0.2) is 59.0 Å². The summed E-state index contributed by atoms with van der Waals surface area (Å²) in [4.78, 5) is 26.1. The number of halogens is 1. The van der Waals surface area contributed by atoms with Gasteiger partial charge in [0.2, 0.25) is 0 Å². The van der Waals surface area contributed by atoms with Crippen LogP contribution in [0.1, 0.15) is 24.3 Å². The van der Waals surface area contributed by atoms with E-state index in [0.29, 0.717) is 16.5 Å². The van der Waals surface area contributed by atoms with Gasteiger partial charge in [-0.15, -0.1) is 0 Å². The van der Waals surface area contributed by atoms with Crippen molar-refractivity contribution in [2.24, 2.45) is 0 Å². The monoisotopic (exact) mass is 478 g/mol. The van der Waals surface area contributed by atoms with E-state index in [9.17, 15) is 19.2 Å². The van der Waals surface area contributed by atoms with E-state index in [1.54, 1.807) is 0 Å². The molecule has 3 unspecified atom stereocenters. The second-order valence-electron chi connectivity index (χ2n) is 7.65. The Bertz CT molecular complexity index is 1300. The van der Waals surface area contributed by atoms with Crippen molar-refractivity contribution in [1.82, 2.24) is 14.5 Å². The second kappa shape index (κ2) is 8.48. The lowest BCUT2D eigenvalue weighted by molar-refractivity contribution is -0.0947. The van der Waals surface area contributed by atoms with Crippen LogP contribution in [0, 0.1) is 17.7 Å². The zero-order valence-electron chi connectivity index (χ0n) is 17.2. The molecule has 1 saturated heterocycles. The van der Waals surface area contributed by atoms with Gasteiger partial charge < -0.3 is 35.0 Å². The average molecular weight is 478 g/mol. The van der Waals surface area contributed by atoms with Crippen molar-refractivity contribution in [2.45, 2.75) is 31.0 Å². The second-order valence-corrected chi connectivity index (χ2v) is 8.89. The number of fused-ring (bicyclic) bond motifs is 1. The van der Waals surface area contributed by atoms with Crippen LogP contribution in [-0.2, 0) is 13.8 Å². The molecular formula is C20H20FN4O7P. The van der Waals surface area contributed by atoms with Gasteiger partial charge in [0.15, 0.2) is 6.23 Å². The summed E-state index contributed by atoms with van der Waals surface area (Å²) in [6, 6.07) is 5.56. The maximum absolute atomic E-state index is 13.1. The highest BCUT2D eigenvalue weighted by atomic mass is 31.2. The van der Waals surface area contributed by atoms with Crippen molar-refractivity contribution < 1.29 is 38.2 Å². The molecule has 1 fully saturated rings. The van der Waals surface area contributed by atoms with Gasteiger partial charge in [0.25, 0.3) is 0 Å². The number of rotatable bonds is 4. The van der Waals surface area contributed by atoms with Gasteiger partial charge in [0.05, 0.1) is 17.6 Å². The third-order valence-corrected chi connectivity index (χ3v) is 5.72.